The highest BCUT2D eigenvalue weighted by molar-refractivity contribution is 7.17. The quantitative estimate of drug-likeness (QED) is 0.592. The minimum atomic E-state index is -0.820. The number of nitrogens with zero attached hydrogens (tertiary/aromatic N) is 2. The summed E-state index contributed by atoms with van der Waals surface area (Å²) in [5, 5.41) is 5.23. The van der Waals surface area contributed by atoms with Crippen LogP contribution in [0.3, 0.4) is 0 Å². The summed E-state index contributed by atoms with van der Waals surface area (Å²) < 4.78 is 4.64. The van der Waals surface area contributed by atoms with Gasteiger partial charge in [0.25, 0.3) is 5.91 Å². The van der Waals surface area contributed by atoms with Crippen molar-refractivity contribution in [3.63, 3.8) is 0 Å². The molecule has 0 saturated carbocycles. The number of aryl methyl sites for hydroxylation is 1. The predicted molar refractivity (Wildman–Crippen MR) is 96.2 cm³/mol. The van der Waals surface area contributed by atoms with E-state index >= 15 is 0 Å². The predicted octanol–water partition coefficient (Wildman–Crippen LogP) is 1.47. The first-order valence-electron chi connectivity index (χ1n) is 7.93. The lowest BCUT2D eigenvalue weighted by atomic mass is 10.1. The first-order chi connectivity index (χ1) is 12.9. The number of aromatic nitrogens is 1. The Kier molecular flexibility index (Phi) is 5.17. The summed E-state index contributed by atoms with van der Waals surface area (Å²) >= 11 is 0.956. The fourth-order valence-electron chi connectivity index (χ4n) is 2.57. The zero-order valence-electron chi connectivity index (χ0n) is 14.5. The molecule has 10 heteroatoms. The summed E-state index contributed by atoms with van der Waals surface area (Å²) in [6.45, 7) is 1.15. The lowest BCUT2D eigenvalue weighted by molar-refractivity contribution is -0.130. The van der Waals surface area contributed by atoms with Crippen molar-refractivity contribution in [2.45, 2.75) is 13.0 Å². The highest BCUT2D eigenvalue weighted by Crippen LogP contribution is 2.24. The SMILES string of the molecule is COC(=O)c1sc(NC(=O)CN2C(=O)NC(c3ccccc3)C2=O)nc1C. The van der Waals surface area contributed by atoms with Crippen molar-refractivity contribution < 1.29 is 23.9 Å². The van der Waals surface area contributed by atoms with E-state index in [9.17, 15) is 19.2 Å². The van der Waals surface area contributed by atoms with E-state index in [0.29, 0.717) is 11.3 Å². The monoisotopic (exact) mass is 388 g/mol. The van der Waals surface area contributed by atoms with Gasteiger partial charge >= 0.3 is 12.0 Å². The number of urea groups is 1. The van der Waals surface area contributed by atoms with Crippen molar-refractivity contribution in [1.29, 1.82) is 0 Å². The van der Waals surface area contributed by atoms with Crippen LogP contribution in [0.2, 0.25) is 0 Å². The summed E-state index contributed by atoms with van der Waals surface area (Å²) in [6, 6.07) is 7.29. The molecule has 1 aromatic carbocycles. The minimum Gasteiger partial charge on any atom is -0.465 e. The highest BCUT2D eigenvalue weighted by atomic mass is 32.1. The number of rotatable bonds is 5. The van der Waals surface area contributed by atoms with Crippen molar-refractivity contribution in [2.75, 3.05) is 19.0 Å². The van der Waals surface area contributed by atoms with Crippen molar-refractivity contribution >= 4 is 40.3 Å². The fraction of sp³-hybridized carbons (Fsp3) is 0.235. The summed E-state index contributed by atoms with van der Waals surface area (Å²) in [4.78, 5) is 53.6. The van der Waals surface area contributed by atoms with Crippen molar-refractivity contribution in [2.24, 2.45) is 0 Å². The number of ether oxygens (including phenoxy) is 1. The van der Waals surface area contributed by atoms with E-state index in [4.69, 9.17) is 0 Å². The smallest absolute Gasteiger partial charge is 0.350 e. The maximum Gasteiger partial charge on any atom is 0.350 e. The van der Waals surface area contributed by atoms with Crippen molar-refractivity contribution in [3.05, 3.63) is 46.5 Å². The molecule has 1 atom stereocenters. The molecule has 0 bridgehead atoms. The molecule has 9 nitrogen and oxygen atoms in total. The average molecular weight is 388 g/mol. The third-order valence-electron chi connectivity index (χ3n) is 3.87. The van der Waals surface area contributed by atoms with E-state index in [1.165, 1.54) is 7.11 Å². The number of anilines is 1. The van der Waals surface area contributed by atoms with Gasteiger partial charge < -0.3 is 15.4 Å². The molecule has 2 aromatic rings. The Balaban J connectivity index is 1.67. The molecule has 1 fully saturated rings. The van der Waals surface area contributed by atoms with Gasteiger partial charge in [0.05, 0.1) is 12.8 Å². The standard InChI is InChI=1S/C17H16N4O5S/c1-9-13(15(24)26-2)27-16(18-9)19-11(22)8-21-14(23)12(20-17(21)25)10-6-4-3-5-7-10/h3-7,12H,8H2,1-2H3,(H,20,25)(H,18,19,22). The van der Waals surface area contributed by atoms with Crippen LogP contribution in [0, 0.1) is 6.92 Å². The Hall–Kier alpha value is -3.27. The van der Waals surface area contributed by atoms with Gasteiger partial charge in [0.1, 0.15) is 17.5 Å². The van der Waals surface area contributed by atoms with E-state index in [-0.39, 0.29) is 10.0 Å². The molecule has 1 unspecified atom stereocenters. The maximum atomic E-state index is 12.5. The lowest BCUT2D eigenvalue weighted by Crippen LogP contribution is -2.38. The van der Waals surface area contributed by atoms with E-state index in [1.807, 2.05) is 0 Å². The molecule has 2 heterocycles. The number of thiazole rings is 1. The summed E-state index contributed by atoms with van der Waals surface area (Å²) in [5.41, 5.74) is 1.05. The van der Waals surface area contributed by atoms with Crippen LogP contribution >= 0.6 is 11.3 Å². The first-order valence-corrected chi connectivity index (χ1v) is 8.74. The van der Waals surface area contributed by atoms with Gasteiger partial charge in [0, 0.05) is 0 Å². The van der Waals surface area contributed by atoms with Crippen LogP contribution in [0.4, 0.5) is 9.93 Å². The third-order valence-corrected chi connectivity index (χ3v) is 4.93. The first kappa shape index (κ1) is 18.5. The second kappa shape index (κ2) is 7.54. The Labute approximate surface area is 158 Å². The van der Waals surface area contributed by atoms with Gasteiger partial charge in [-0.25, -0.2) is 14.6 Å². The number of benzene rings is 1. The highest BCUT2D eigenvalue weighted by Gasteiger charge is 2.39. The number of esters is 1. The van der Waals surface area contributed by atoms with Crippen LogP contribution in [0.25, 0.3) is 0 Å². The molecular formula is C17H16N4O5S. The molecule has 0 aliphatic carbocycles. The van der Waals surface area contributed by atoms with Crippen LogP contribution in [-0.4, -0.2) is 47.4 Å². The Morgan fingerprint density at radius 1 is 1.30 bits per heavy atom. The fourth-order valence-corrected chi connectivity index (χ4v) is 3.48. The Bertz CT molecular complexity index is 911. The maximum absolute atomic E-state index is 12.5. The Morgan fingerprint density at radius 3 is 2.67 bits per heavy atom. The van der Waals surface area contributed by atoms with Crippen LogP contribution in [-0.2, 0) is 14.3 Å². The molecule has 140 valence electrons. The van der Waals surface area contributed by atoms with Gasteiger partial charge in [0.2, 0.25) is 5.91 Å². The van der Waals surface area contributed by atoms with Gasteiger partial charge in [-0.1, -0.05) is 41.7 Å². The van der Waals surface area contributed by atoms with Gasteiger partial charge in [0.15, 0.2) is 5.13 Å². The van der Waals surface area contributed by atoms with Crippen LogP contribution in [0.15, 0.2) is 30.3 Å². The molecular weight excluding hydrogens is 372 g/mol. The molecule has 27 heavy (non-hydrogen) atoms. The second-order valence-corrected chi connectivity index (χ2v) is 6.69. The minimum absolute atomic E-state index is 0.185. The summed E-state index contributed by atoms with van der Waals surface area (Å²) in [5.74, 6) is -1.66. The Morgan fingerprint density at radius 2 is 2.00 bits per heavy atom. The second-order valence-electron chi connectivity index (χ2n) is 5.69. The molecule has 3 rings (SSSR count). The largest absolute Gasteiger partial charge is 0.465 e. The molecule has 0 spiro atoms. The van der Waals surface area contributed by atoms with E-state index in [1.54, 1.807) is 37.3 Å². The van der Waals surface area contributed by atoms with E-state index in [0.717, 1.165) is 16.2 Å². The number of hydrogen-bond donors (Lipinski definition) is 2. The van der Waals surface area contributed by atoms with Crippen LogP contribution < -0.4 is 10.6 Å². The molecule has 1 saturated heterocycles. The average Bonchev–Trinajstić information content (AvgIpc) is 3.15. The number of imide groups is 1. The zero-order valence-corrected chi connectivity index (χ0v) is 15.3. The number of carbonyl (C=O) groups excluding carboxylic acids is 4. The molecule has 1 aliphatic rings. The lowest BCUT2D eigenvalue weighted by Gasteiger charge is -2.12. The molecule has 1 aliphatic heterocycles. The van der Waals surface area contributed by atoms with Gasteiger partial charge in [-0.05, 0) is 12.5 Å². The normalized spacial score (nSPS) is 16.2. The van der Waals surface area contributed by atoms with Crippen LogP contribution in [0.1, 0.15) is 27.0 Å². The summed E-state index contributed by atoms with van der Waals surface area (Å²) in [6.07, 6.45) is 0. The number of carbonyl (C=O) groups is 4. The van der Waals surface area contributed by atoms with Crippen LogP contribution in [0.5, 0.6) is 0 Å². The number of amides is 4. The molecule has 1 aromatic heterocycles. The third kappa shape index (κ3) is 3.80. The van der Waals surface area contributed by atoms with Crippen molar-refractivity contribution in [1.82, 2.24) is 15.2 Å². The zero-order chi connectivity index (χ0) is 19.6. The molecule has 4 amide bonds. The van der Waals surface area contributed by atoms with E-state index < -0.39 is 36.4 Å². The van der Waals surface area contributed by atoms with E-state index in [2.05, 4.69) is 20.4 Å². The topological polar surface area (TPSA) is 118 Å². The van der Waals surface area contributed by atoms with Gasteiger partial charge in [-0.3, -0.25) is 14.5 Å². The molecule has 2 N–H and O–H groups in total. The number of hydrogen-bond acceptors (Lipinski definition) is 7. The number of nitrogens with one attached hydrogen (secondary N) is 2. The number of methoxy groups -OCH3 is 1. The molecule has 0 radical (unpaired) electrons. The summed E-state index contributed by atoms with van der Waals surface area (Å²) in [7, 11) is 1.25. The van der Waals surface area contributed by atoms with Crippen molar-refractivity contribution in [3.8, 4) is 0 Å². The van der Waals surface area contributed by atoms with Gasteiger partial charge in [-0.2, -0.15) is 0 Å². The van der Waals surface area contributed by atoms with Gasteiger partial charge in [-0.15, -0.1) is 0 Å².